The molecule has 2 aliphatic heterocycles. The molecule has 5 unspecified atom stereocenters. The number of carbonyl (C=O) groups is 12. The van der Waals surface area contributed by atoms with Gasteiger partial charge >= 0.3 is 6.18 Å². The first-order valence-electron chi connectivity index (χ1n) is 39.0. The van der Waals surface area contributed by atoms with Crippen molar-refractivity contribution in [3.05, 3.63) is 0 Å². The fourth-order valence-corrected chi connectivity index (χ4v) is 18.5. The summed E-state index contributed by atoms with van der Waals surface area (Å²) in [7, 11) is 13.1. The summed E-state index contributed by atoms with van der Waals surface area (Å²) in [6.07, 6.45) is 6.75. The average molecular weight is 1520 g/mol. The summed E-state index contributed by atoms with van der Waals surface area (Å²) in [5.74, 6) is -11.0. The predicted molar refractivity (Wildman–Crippen MR) is 393 cm³/mol. The van der Waals surface area contributed by atoms with Crippen molar-refractivity contribution in [3.8, 4) is 0 Å². The highest BCUT2D eigenvalue weighted by Crippen LogP contribution is 2.44. The third kappa shape index (κ3) is 21.3. The molecule has 0 aromatic rings. The Balaban J connectivity index is 1.32. The number of alkyl halides is 5. The second-order valence-corrected chi connectivity index (χ2v) is 34.0. The van der Waals surface area contributed by atoms with Gasteiger partial charge in [0.25, 0.3) is 0 Å². The number of nitrogens with zero attached hydrogens (tertiary/aromatic N) is 9. The summed E-state index contributed by atoms with van der Waals surface area (Å²) in [6, 6.07) is -11.1. The lowest BCUT2D eigenvalue weighted by molar-refractivity contribution is -0.182. The molecule has 7 rings (SSSR count). The Morgan fingerprint density at radius 1 is 0.600 bits per heavy atom. The molecule has 0 bridgehead atoms. The molecular weight excluding hydrogens is 1400 g/mol. The molecule has 2 heterocycles. The maximum absolute atomic E-state index is 15.9. The first-order valence-corrected chi connectivity index (χ1v) is 39.8. The van der Waals surface area contributed by atoms with Crippen molar-refractivity contribution in [1.82, 2.24) is 60.0 Å². The molecule has 24 nitrogen and oxygen atoms in total. The van der Waals surface area contributed by atoms with E-state index in [1.807, 2.05) is 20.8 Å². The van der Waals surface area contributed by atoms with Crippen molar-refractivity contribution < 1.29 is 70.7 Å². The molecule has 7 fully saturated rings. The van der Waals surface area contributed by atoms with Crippen molar-refractivity contribution in [3.63, 3.8) is 0 Å². The smallest absolute Gasteiger partial charge is 0.347 e. The number of hydrogen-bond acceptors (Lipinski definition) is 12. The normalized spacial score (nSPS) is 31.8. The average Bonchev–Trinajstić information content (AvgIpc) is 1.77. The zero-order valence-electron chi connectivity index (χ0n) is 64.9. The van der Waals surface area contributed by atoms with Gasteiger partial charge in [-0.2, -0.15) is 13.2 Å². The van der Waals surface area contributed by atoms with E-state index in [0.29, 0.717) is 44.9 Å². The van der Waals surface area contributed by atoms with Crippen LogP contribution in [0.1, 0.15) is 214 Å². The van der Waals surface area contributed by atoms with Gasteiger partial charge in [0, 0.05) is 80.7 Å². The lowest BCUT2D eigenvalue weighted by Gasteiger charge is -2.45. The number of halogens is 5. The Hall–Kier alpha value is -5.99. The lowest BCUT2D eigenvalue weighted by Crippen LogP contribution is -2.65. The molecule has 5 saturated carbocycles. The summed E-state index contributed by atoms with van der Waals surface area (Å²) in [5, 5.41) is 7.48. The van der Waals surface area contributed by atoms with Gasteiger partial charge in [-0.25, -0.2) is 0 Å². The van der Waals surface area contributed by atoms with Crippen LogP contribution in [-0.4, -0.2) is 268 Å². The highest BCUT2D eigenvalue weighted by atomic mass is 35.5. The number of carbonyl (C=O) groups excluding carboxylic acids is 12. The van der Waals surface area contributed by atoms with Gasteiger partial charge in [-0.3, -0.25) is 57.5 Å². The van der Waals surface area contributed by atoms with Crippen LogP contribution in [-0.2, 0) is 57.5 Å². The molecule has 12 amide bonds. The zero-order chi connectivity index (χ0) is 77.9. The maximum atomic E-state index is 15.9. The van der Waals surface area contributed by atoms with Gasteiger partial charge in [0.1, 0.15) is 59.9 Å². The molecule has 2 saturated heterocycles. The van der Waals surface area contributed by atoms with E-state index >= 15 is 24.0 Å². The second kappa shape index (κ2) is 37.9. The van der Waals surface area contributed by atoms with Gasteiger partial charge in [0.2, 0.25) is 70.9 Å². The number of likely N-dealkylation sites (N-methyl/N-ethyl adjacent to an activating group) is 8. The van der Waals surface area contributed by atoms with E-state index in [4.69, 9.17) is 23.2 Å². The molecule has 3 N–H and O–H groups in total. The van der Waals surface area contributed by atoms with E-state index in [0.717, 1.165) is 57.8 Å². The molecule has 0 aromatic carbocycles. The Bertz CT molecular complexity index is 3080. The summed E-state index contributed by atoms with van der Waals surface area (Å²) in [6.45, 7) is 8.42. The molecule has 29 heteroatoms. The van der Waals surface area contributed by atoms with Crippen LogP contribution in [0.3, 0.4) is 0 Å². The number of hydrogen-bond donors (Lipinski definition) is 3. The van der Waals surface area contributed by atoms with Crippen LogP contribution < -0.4 is 16.0 Å². The van der Waals surface area contributed by atoms with E-state index < -0.39 is 173 Å². The van der Waals surface area contributed by atoms with Gasteiger partial charge in [-0.1, -0.05) is 105 Å². The van der Waals surface area contributed by atoms with Crippen LogP contribution in [0.25, 0.3) is 0 Å². The van der Waals surface area contributed by atoms with Gasteiger partial charge in [0.15, 0.2) is 0 Å². The molecule has 7 aliphatic rings. The minimum Gasteiger partial charge on any atom is -0.347 e. The van der Waals surface area contributed by atoms with Gasteiger partial charge < -0.3 is 60.0 Å². The minimum atomic E-state index is -4.53. The molecule has 105 heavy (non-hydrogen) atoms. The molecule has 594 valence electrons. The molecule has 15 atom stereocenters. The predicted octanol–water partition coefficient (Wildman–Crippen LogP) is 7.72. The van der Waals surface area contributed by atoms with Gasteiger partial charge in [-0.05, 0) is 139 Å². The first kappa shape index (κ1) is 86.2. The van der Waals surface area contributed by atoms with Crippen molar-refractivity contribution in [2.45, 2.75) is 291 Å². The number of fused-ring (bicyclic) bond motifs is 1. The molecule has 0 radical (unpaired) electrons. The Morgan fingerprint density at radius 2 is 1.21 bits per heavy atom. The first-order chi connectivity index (χ1) is 49.3. The Morgan fingerprint density at radius 3 is 1.78 bits per heavy atom. The van der Waals surface area contributed by atoms with Crippen molar-refractivity contribution >= 4 is 94.1 Å². The number of rotatable bonds is 13. The SMILES string of the molecule is CC[C@H](C)[C@@H]1NC(=O)[C@H](CC(C)C)N(C)C(=O)C[C@@H](C(=O)N(C)C)N(C)C(=O)[C@H](C2CCCC2)N(C)C(=O)C2(CCCC2)NC(=O)[C@H](CC2CCCC(Cl)C2)N(C)C(=O)[C@H](CCC2CCC(C(F)(F)F)C(Cl)C2)NC(=O)CN(C)C(=O)[C@H](CC2CCCCC2)N(C)C(=O)[C@@H]2CCN2C(=O)[C@H](C)N(C)C1=O. The third-order valence-electron chi connectivity index (χ3n) is 24.8. The van der Waals surface area contributed by atoms with Gasteiger partial charge in [-0.15, -0.1) is 23.2 Å². The number of amides is 12. The van der Waals surface area contributed by atoms with E-state index in [-0.39, 0.29) is 106 Å². The van der Waals surface area contributed by atoms with E-state index in [1.54, 1.807) is 6.92 Å². The summed E-state index contributed by atoms with van der Waals surface area (Å²) >= 11 is 13.3. The van der Waals surface area contributed by atoms with Gasteiger partial charge in [0.05, 0.1) is 18.9 Å². The van der Waals surface area contributed by atoms with Crippen LogP contribution in [0.15, 0.2) is 0 Å². The zero-order valence-corrected chi connectivity index (χ0v) is 66.4. The summed E-state index contributed by atoms with van der Waals surface area (Å²) in [5.41, 5.74) is -1.61. The molecule has 5 aliphatic carbocycles. The summed E-state index contributed by atoms with van der Waals surface area (Å²) in [4.78, 5) is 193. The van der Waals surface area contributed by atoms with E-state index in [1.165, 1.54) is 114 Å². The van der Waals surface area contributed by atoms with E-state index in [2.05, 4.69) is 16.0 Å². The Labute approximate surface area is 631 Å². The quantitative estimate of drug-likeness (QED) is 0.150. The highest BCUT2D eigenvalue weighted by molar-refractivity contribution is 6.21. The highest BCUT2D eigenvalue weighted by Gasteiger charge is 2.53. The van der Waals surface area contributed by atoms with Crippen molar-refractivity contribution in [2.75, 3.05) is 76.5 Å². The lowest BCUT2D eigenvalue weighted by atomic mass is 9.78. The molecule has 0 aromatic heterocycles. The molecular formula is C76H123Cl2F3N12O12. The van der Waals surface area contributed by atoms with E-state index in [9.17, 15) is 46.7 Å². The standard InChI is InChI=1S/C76H123Cl2F3N12O12/c1-15-46(4)63-72(103)87(9)47(5)67(98)93-37-34-56(93)71(102)90(12)59(41-48-24-17-16-18-25-48)70(101)86(8)44-61(94)82-55(33-31-49-30-32-53(54(78)40-49)76(79,80)81)68(99)89(11)58(42-50-26-23-29-52(77)39-50)66(97)84-75(35-21-22-36-75)74(105)92(14)64(51-27-19-20-28-51)73(104)91(13)60(69(100)85(6)7)43-62(95)88(10)57(38-45(2)3)65(96)83-63/h45-60,63-64H,15-44H2,1-14H3,(H,82,94)(H,83,96)(H,84,97)/t46-,47-,49?,50?,52?,53?,54?,55-,56-,57-,58-,59-,60-,63-,64-/m0/s1. The topological polar surface area (TPSA) is 270 Å². The minimum absolute atomic E-state index is 0.0180. The Kier molecular flexibility index (Phi) is 31.1. The summed E-state index contributed by atoms with van der Waals surface area (Å²) < 4.78 is 42.4. The van der Waals surface area contributed by atoms with Crippen LogP contribution in [0.4, 0.5) is 13.2 Å². The fourth-order valence-electron chi connectivity index (χ4n) is 17.6. The maximum Gasteiger partial charge on any atom is 0.393 e. The van der Waals surface area contributed by atoms with Crippen molar-refractivity contribution in [2.24, 2.45) is 41.4 Å². The number of nitrogens with one attached hydrogen (secondary N) is 3. The van der Waals surface area contributed by atoms with Crippen LogP contribution >= 0.6 is 23.2 Å². The van der Waals surface area contributed by atoms with Crippen LogP contribution in [0, 0.1) is 41.4 Å². The largest absolute Gasteiger partial charge is 0.393 e. The van der Waals surface area contributed by atoms with Crippen LogP contribution in [0.2, 0.25) is 0 Å². The molecule has 1 spiro atoms. The van der Waals surface area contributed by atoms with Crippen molar-refractivity contribution in [1.29, 1.82) is 0 Å². The van der Waals surface area contributed by atoms with Crippen LogP contribution in [0.5, 0.6) is 0 Å². The monoisotopic (exact) mass is 1520 g/mol. The second-order valence-electron chi connectivity index (χ2n) is 32.8. The third-order valence-corrected chi connectivity index (χ3v) is 25.7. The fraction of sp³-hybridized carbons (Fsp3) is 0.842.